The van der Waals surface area contributed by atoms with E-state index in [1.807, 2.05) is 11.9 Å². The maximum Gasteiger partial charge on any atom is 0.239 e. The molecule has 0 fully saturated rings. The van der Waals surface area contributed by atoms with Crippen molar-refractivity contribution in [2.24, 2.45) is 0 Å². The first-order valence-corrected chi connectivity index (χ1v) is 6.41. The molecular formula is C14H21N3O. The van der Waals surface area contributed by atoms with Gasteiger partial charge in [-0.3, -0.25) is 4.79 Å². The molecule has 1 atom stereocenters. The molecule has 1 aliphatic rings. The lowest BCUT2D eigenvalue weighted by atomic mass is 9.98. The summed E-state index contributed by atoms with van der Waals surface area (Å²) in [4.78, 5) is 13.3. The number of likely N-dealkylation sites (N-methyl/N-ethyl adjacent to an activating group) is 2. The molecule has 0 radical (unpaired) electrons. The summed E-state index contributed by atoms with van der Waals surface area (Å²) in [6, 6.07) is 6.90. The second-order valence-corrected chi connectivity index (χ2v) is 4.95. The highest BCUT2D eigenvalue weighted by atomic mass is 16.1. The lowest BCUT2D eigenvalue weighted by Crippen LogP contribution is -2.33. The van der Waals surface area contributed by atoms with Crippen LogP contribution in [0.3, 0.4) is 0 Å². The van der Waals surface area contributed by atoms with Gasteiger partial charge in [-0.25, -0.2) is 0 Å². The topological polar surface area (TPSA) is 44.4 Å². The van der Waals surface area contributed by atoms with Crippen molar-refractivity contribution in [1.29, 1.82) is 0 Å². The van der Waals surface area contributed by atoms with Crippen molar-refractivity contribution in [2.75, 3.05) is 30.9 Å². The van der Waals surface area contributed by atoms with E-state index in [0.717, 1.165) is 18.5 Å². The molecule has 1 aliphatic heterocycles. The predicted molar refractivity (Wildman–Crippen MR) is 75.2 cm³/mol. The molecule has 1 aromatic carbocycles. The van der Waals surface area contributed by atoms with E-state index >= 15 is 0 Å². The van der Waals surface area contributed by atoms with Gasteiger partial charge in [-0.2, -0.15) is 0 Å². The minimum Gasteiger partial charge on any atom is -0.382 e. The second-order valence-electron chi connectivity index (χ2n) is 4.95. The number of nitrogens with one attached hydrogen (secondary N) is 2. The van der Waals surface area contributed by atoms with Gasteiger partial charge in [0.05, 0.1) is 6.54 Å². The number of amides is 1. The fourth-order valence-electron chi connectivity index (χ4n) is 2.26. The van der Waals surface area contributed by atoms with E-state index < -0.39 is 0 Å². The largest absolute Gasteiger partial charge is 0.382 e. The van der Waals surface area contributed by atoms with Gasteiger partial charge in [-0.05, 0) is 43.5 Å². The van der Waals surface area contributed by atoms with Crippen LogP contribution in [0.1, 0.15) is 18.9 Å². The number of rotatable bonds is 3. The van der Waals surface area contributed by atoms with Gasteiger partial charge in [-0.1, -0.05) is 0 Å². The Labute approximate surface area is 108 Å². The van der Waals surface area contributed by atoms with E-state index in [4.69, 9.17) is 0 Å². The van der Waals surface area contributed by atoms with Crippen molar-refractivity contribution in [3.05, 3.63) is 23.8 Å². The van der Waals surface area contributed by atoms with E-state index in [1.54, 1.807) is 7.05 Å². The molecule has 4 heteroatoms. The molecule has 1 heterocycles. The molecule has 0 bridgehead atoms. The molecule has 1 amide bonds. The number of hydrogen-bond acceptors (Lipinski definition) is 3. The van der Waals surface area contributed by atoms with Gasteiger partial charge in [-0.15, -0.1) is 0 Å². The molecule has 1 aromatic rings. The van der Waals surface area contributed by atoms with Gasteiger partial charge < -0.3 is 15.5 Å². The fourth-order valence-corrected chi connectivity index (χ4v) is 2.26. The van der Waals surface area contributed by atoms with Gasteiger partial charge >= 0.3 is 0 Å². The average molecular weight is 247 g/mol. The van der Waals surface area contributed by atoms with E-state index in [1.165, 1.54) is 11.3 Å². The summed E-state index contributed by atoms with van der Waals surface area (Å²) in [6.45, 7) is 2.59. The van der Waals surface area contributed by atoms with Gasteiger partial charge in [0.2, 0.25) is 5.91 Å². The number of nitrogens with zero attached hydrogens (tertiary/aromatic N) is 1. The van der Waals surface area contributed by atoms with Crippen LogP contribution in [0, 0.1) is 0 Å². The maximum atomic E-state index is 11.4. The number of benzene rings is 1. The highest BCUT2D eigenvalue weighted by molar-refractivity contribution is 5.81. The lowest BCUT2D eigenvalue weighted by molar-refractivity contribution is -0.119. The number of fused-ring (bicyclic) bond motifs is 1. The summed E-state index contributed by atoms with van der Waals surface area (Å²) in [5.41, 5.74) is 3.66. The van der Waals surface area contributed by atoms with Crippen molar-refractivity contribution in [2.45, 2.75) is 25.8 Å². The van der Waals surface area contributed by atoms with Crippen molar-refractivity contribution >= 4 is 17.3 Å². The highest BCUT2D eigenvalue weighted by Crippen LogP contribution is 2.28. The summed E-state index contributed by atoms with van der Waals surface area (Å²) in [7, 11) is 3.60. The van der Waals surface area contributed by atoms with Gasteiger partial charge in [0, 0.05) is 31.5 Å². The summed E-state index contributed by atoms with van der Waals surface area (Å²) in [5.74, 6) is 0.0296. The molecule has 0 aliphatic carbocycles. The number of carbonyl (C=O) groups is 1. The Morgan fingerprint density at radius 2 is 2.33 bits per heavy atom. The zero-order valence-corrected chi connectivity index (χ0v) is 11.3. The number of carbonyl (C=O) groups excluding carboxylic acids is 1. The summed E-state index contributed by atoms with van der Waals surface area (Å²) >= 11 is 0. The lowest BCUT2D eigenvalue weighted by Gasteiger charge is -2.26. The Hall–Kier alpha value is -1.71. The van der Waals surface area contributed by atoms with Crippen molar-refractivity contribution in [1.82, 2.24) is 5.32 Å². The second kappa shape index (κ2) is 5.29. The first-order chi connectivity index (χ1) is 8.60. The summed E-state index contributed by atoms with van der Waals surface area (Å²) in [5, 5.41) is 6.12. The van der Waals surface area contributed by atoms with Gasteiger partial charge in [0.25, 0.3) is 0 Å². The Bertz CT molecular complexity index is 445. The molecule has 2 N–H and O–H groups in total. The summed E-state index contributed by atoms with van der Waals surface area (Å²) < 4.78 is 0. The van der Waals surface area contributed by atoms with Gasteiger partial charge in [0.1, 0.15) is 0 Å². The van der Waals surface area contributed by atoms with Crippen LogP contribution in [-0.4, -0.2) is 32.6 Å². The van der Waals surface area contributed by atoms with Crippen molar-refractivity contribution in [3.63, 3.8) is 0 Å². The molecule has 0 aromatic heterocycles. The Balaban J connectivity index is 2.13. The molecule has 0 saturated carbocycles. The molecule has 98 valence electrons. The maximum absolute atomic E-state index is 11.4. The number of hydrogen-bond donors (Lipinski definition) is 2. The summed E-state index contributed by atoms with van der Waals surface area (Å²) in [6.07, 6.45) is 2.26. The SMILES string of the molecule is CNC(=O)CN(C)c1ccc2c(c1)CCC(C)N2. The quantitative estimate of drug-likeness (QED) is 0.853. The van der Waals surface area contributed by atoms with Crippen LogP contribution in [-0.2, 0) is 11.2 Å². The van der Waals surface area contributed by atoms with Crippen molar-refractivity contribution < 1.29 is 4.79 Å². The van der Waals surface area contributed by atoms with E-state index in [2.05, 4.69) is 35.8 Å². The molecule has 1 unspecified atom stereocenters. The van der Waals surface area contributed by atoms with Crippen molar-refractivity contribution in [3.8, 4) is 0 Å². The van der Waals surface area contributed by atoms with E-state index in [0.29, 0.717) is 12.6 Å². The van der Waals surface area contributed by atoms with E-state index in [9.17, 15) is 4.79 Å². The first-order valence-electron chi connectivity index (χ1n) is 6.41. The zero-order chi connectivity index (χ0) is 13.1. The molecule has 0 spiro atoms. The van der Waals surface area contributed by atoms with Crippen LogP contribution in [0.5, 0.6) is 0 Å². The Morgan fingerprint density at radius 1 is 1.56 bits per heavy atom. The third-order valence-corrected chi connectivity index (χ3v) is 3.44. The first kappa shape index (κ1) is 12.7. The normalized spacial score (nSPS) is 17.6. The fraction of sp³-hybridized carbons (Fsp3) is 0.500. The minimum atomic E-state index is 0.0296. The van der Waals surface area contributed by atoms with Crippen LogP contribution >= 0.6 is 0 Å². The van der Waals surface area contributed by atoms with E-state index in [-0.39, 0.29) is 5.91 Å². The Kier molecular flexibility index (Phi) is 3.75. The third kappa shape index (κ3) is 2.75. The number of anilines is 2. The standard InChI is InChI=1S/C14H21N3O/c1-10-4-5-11-8-12(6-7-13(11)16-10)17(3)9-14(18)15-2/h6-8,10,16H,4-5,9H2,1-3H3,(H,15,18). The smallest absolute Gasteiger partial charge is 0.239 e. The monoisotopic (exact) mass is 247 g/mol. The van der Waals surface area contributed by atoms with Crippen LogP contribution in [0.25, 0.3) is 0 Å². The number of aryl methyl sites for hydroxylation is 1. The highest BCUT2D eigenvalue weighted by Gasteiger charge is 2.15. The van der Waals surface area contributed by atoms with Crippen LogP contribution in [0.4, 0.5) is 11.4 Å². The predicted octanol–water partition coefficient (Wildman–Crippen LogP) is 1.62. The molecular weight excluding hydrogens is 226 g/mol. The average Bonchev–Trinajstić information content (AvgIpc) is 2.37. The minimum absolute atomic E-state index is 0.0296. The van der Waals surface area contributed by atoms with Crippen LogP contribution in [0.15, 0.2) is 18.2 Å². The van der Waals surface area contributed by atoms with Gasteiger partial charge in [0.15, 0.2) is 0 Å². The molecule has 4 nitrogen and oxygen atoms in total. The Morgan fingerprint density at radius 3 is 3.06 bits per heavy atom. The van der Waals surface area contributed by atoms with Crippen LogP contribution in [0.2, 0.25) is 0 Å². The molecule has 0 saturated heterocycles. The molecule has 18 heavy (non-hydrogen) atoms. The third-order valence-electron chi connectivity index (χ3n) is 3.44. The molecule has 2 rings (SSSR count). The zero-order valence-electron chi connectivity index (χ0n) is 11.3. The van der Waals surface area contributed by atoms with Crippen LogP contribution < -0.4 is 15.5 Å².